The van der Waals surface area contributed by atoms with Crippen molar-refractivity contribution in [2.75, 3.05) is 26.2 Å². The first-order valence-electron chi connectivity index (χ1n) is 8.62. The van der Waals surface area contributed by atoms with Crippen molar-refractivity contribution in [2.24, 2.45) is 4.99 Å². The highest BCUT2D eigenvalue weighted by Crippen LogP contribution is 2.18. The minimum absolute atomic E-state index is 0. The molecule has 1 heterocycles. The topological polar surface area (TPSA) is 82.6 Å². The molecule has 2 rings (SSSR count). The van der Waals surface area contributed by atoms with E-state index in [9.17, 15) is 8.42 Å². The number of sulfonamides is 1. The van der Waals surface area contributed by atoms with Crippen LogP contribution in [-0.2, 0) is 10.0 Å². The van der Waals surface area contributed by atoms with E-state index >= 15 is 0 Å². The molecule has 0 saturated heterocycles. The fourth-order valence-corrected chi connectivity index (χ4v) is 4.12. The van der Waals surface area contributed by atoms with Gasteiger partial charge in [-0.3, -0.25) is 4.99 Å². The smallest absolute Gasteiger partial charge is 0.240 e. The van der Waals surface area contributed by atoms with E-state index in [1.54, 1.807) is 41.7 Å². The zero-order chi connectivity index (χ0) is 18.8. The van der Waals surface area contributed by atoms with Gasteiger partial charge in [0.2, 0.25) is 10.0 Å². The number of hydrogen-bond donors (Lipinski definition) is 3. The zero-order valence-corrected chi connectivity index (χ0v) is 19.5. The van der Waals surface area contributed by atoms with E-state index in [0.29, 0.717) is 25.0 Å². The van der Waals surface area contributed by atoms with Gasteiger partial charge in [-0.25, -0.2) is 13.1 Å². The van der Waals surface area contributed by atoms with E-state index < -0.39 is 10.0 Å². The number of halogens is 1. The predicted octanol–water partition coefficient (Wildman–Crippen LogP) is 3.00. The molecule has 0 spiro atoms. The monoisotopic (exact) mass is 522 g/mol. The van der Waals surface area contributed by atoms with Crippen molar-refractivity contribution in [1.29, 1.82) is 0 Å². The maximum Gasteiger partial charge on any atom is 0.240 e. The Labute approximate surface area is 182 Å². The van der Waals surface area contributed by atoms with Gasteiger partial charge in [0.05, 0.1) is 4.90 Å². The Morgan fingerprint density at radius 3 is 2.52 bits per heavy atom. The van der Waals surface area contributed by atoms with Crippen molar-refractivity contribution < 1.29 is 8.42 Å². The minimum atomic E-state index is -3.47. The molecule has 0 aliphatic carbocycles. The third-order valence-electron chi connectivity index (χ3n) is 3.74. The number of nitrogens with zero attached hydrogens (tertiary/aromatic N) is 1. The molecule has 27 heavy (non-hydrogen) atoms. The standard InChI is InChI=1S/C18H26N4O2S2.HI/c1-3-19-18(21-13-15(2)16-9-12-25-14-16)20-10-11-22-26(23,24)17-7-5-4-6-8-17;/h4-9,12,14-15,22H,3,10-11,13H2,1-2H3,(H2,19,20,21);1H. The zero-order valence-electron chi connectivity index (χ0n) is 15.5. The quantitative estimate of drug-likeness (QED) is 0.205. The van der Waals surface area contributed by atoms with Gasteiger partial charge in [0.1, 0.15) is 0 Å². The molecule has 0 aliphatic heterocycles. The van der Waals surface area contributed by atoms with E-state index in [2.05, 4.69) is 44.1 Å². The van der Waals surface area contributed by atoms with Crippen molar-refractivity contribution in [3.8, 4) is 0 Å². The van der Waals surface area contributed by atoms with E-state index in [0.717, 1.165) is 6.54 Å². The van der Waals surface area contributed by atoms with Crippen LogP contribution in [0.2, 0.25) is 0 Å². The highest BCUT2D eigenvalue weighted by atomic mass is 127. The van der Waals surface area contributed by atoms with Crippen LogP contribution in [0.15, 0.2) is 57.0 Å². The van der Waals surface area contributed by atoms with Gasteiger partial charge in [-0.2, -0.15) is 11.3 Å². The Morgan fingerprint density at radius 1 is 1.15 bits per heavy atom. The summed E-state index contributed by atoms with van der Waals surface area (Å²) in [5.41, 5.74) is 1.28. The van der Waals surface area contributed by atoms with Gasteiger partial charge in [-0.05, 0) is 41.4 Å². The van der Waals surface area contributed by atoms with Crippen LogP contribution in [-0.4, -0.2) is 40.6 Å². The van der Waals surface area contributed by atoms with Crippen molar-refractivity contribution in [3.63, 3.8) is 0 Å². The second-order valence-electron chi connectivity index (χ2n) is 5.81. The number of thiophene rings is 1. The molecule has 0 aliphatic rings. The summed E-state index contributed by atoms with van der Waals surface area (Å²) in [6, 6.07) is 10.5. The van der Waals surface area contributed by atoms with Crippen molar-refractivity contribution >= 4 is 51.3 Å². The lowest BCUT2D eigenvalue weighted by molar-refractivity contribution is 0.580. The molecular weight excluding hydrogens is 495 g/mol. The number of benzene rings is 1. The third-order valence-corrected chi connectivity index (χ3v) is 5.92. The SMILES string of the molecule is CCNC(=NCC(C)c1ccsc1)NCCNS(=O)(=O)c1ccccc1.I. The largest absolute Gasteiger partial charge is 0.357 e. The maximum absolute atomic E-state index is 12.2. The summed E-state index contributed by atoms with van der Waals surface area (Å²) in [5, 5.41) is 10.5. The summed E-state index contributed by atoms with van der Waals surface area (Å²) in [6.07, 6.45) is 0. The molecule has 9 heteroatoms. The number of aliphatic imine (C=N–C) groups is 1. The Kier molecular flexibility index (Phi) is 10.9. The molecule has 3 N–H and O–H groups in total. The Bertz CT molecular complexity index is 781. The van der Waals surface area contributed by atoms with Crippen molar-refractivity contribution in [1.82, 2.24) is 15.4 Å². The third kappa shape index (κ3) is 8.16. The number of rotatable bonds is 9. The summed E-state index contributed by atoms with van der Waals surface area (Å²) >= 11 is 1.68. The van der Waals surface area contributed by atoms with E-state index in [1.807, 2.05) is 6.92 Å². The molecule has 2 aromatic rings. The molecule has 150 valence electrons. The molecule has 0 amide bonds. The summed E-state index contributed by atoms with van der Waals surface area (Å²) in [7, 11) is -3.47. The van der Waals surface area contributed by atoms with Crippen LogP contribution in [0.4, 0.5) is 0 Å². The molecule has 1 atom stereocenters. The normalized spacial score (nSPS) is 12.9. The molecule has 0 bridgehead atoms. The fourth-order valence-electron chi connectivity index (χ4n) is 2.28. The summed E-state index contributed by atoms with van der Waals surface area (Å²) in [6.45, 7) is 6.28. The van der Waals surface area contributed by atoms with Crippen molar-refractivity contribution in [3.05, 3.63) is 52.7 Å². The average Bonchev–Trinajstić information content (AvgIpc) is 3.18. The predicted molar refractivity (Wildman–Crippen MR) is 124 cm³/mol. The van der Waals surface area contributed by atoms with Crippen molar-refractivity contribution in [2.45, 2.75) is 24.7 Å². The lowest BCUT2D eigenvalue weighted by Crippen LogP contribution is -2.41. The molecule has 0 saturated carbocycles. The first-order chi connectivity index (χ1) is 12.5. The van der Waals surface area contributed by atoms with Crippen LogP contribution in [0.1, 0.15) is 25.3 Å². The fraction of sp³-hybridized carbons (Fsp3) is 0.389. The van der Waals surface area contributed by atoms with Crippen LogP contribution in [0.3, 0.4) is 0 Å². The van der Waals surface area contributed by atoms with E-state index in [-0.39, 0.29) is 35.4 Å². The lowest BCUT2D eigenvalue weighted by atomic mass is 10.1. The van der Waals surface area contributed by atoms with E-state index in [1.165, 1.54) is 5.56 Å². The highest BCUT2D eigenvalue weighted by Gasteiger charge is 2.12. The minimum Gasteiger partial charge on any atom is -0.357 e. The van der Waals surface area contributed by atoms with Crippen LogP contribution < -0.4 is 15.4 Å². The molecule has 0 fully saturated rings. The van der Waals surface area contributed by atoms with Crippen LogP contribution >= 0.6 is 35.3 Å². The maximum atomic E-state index is 12.2. The Morgan fingerprint density at radius 2 is 1.89 bits per heavy atom. The molecule has 0 radical (unpaired) electrons. The number of hydrogen-bond acceptors (Lipinski definition) is 4. The molecule has 6 nitrogen and oxygen atoms in total. The van der Waals surface area contributed by atoms with Gasteiger partial charge in [-0.1, -0.05) is 25.1 Å². The van der Waals surface area contributed by atoms with Crippen LogP contribution in [0.5, 0.6) is 0 Å². The molecule has 1 aromatic heterocycles. The molecular formula is C18H27IN4O2S2. The summed E-state index contributed by atoms with van der Waals surface area (Å²) < 4.78 is 26.9. The molecule has 1 aromatic carbocycles. The van der Waals surface area contributed by atoms with E-state index in [4.69, 9.17) is 0 Å². The summed E-state index contributed by atoms with van der Waals surface area (Å²) in [4.78, 5) is 4.85. The highest BCUT2D eigenvalue weighted by molar-refractivity contribution is 14.0. The first kappa shape index (κ1) is 23.9. The average molecular weight is 522 g/mol. The second-order valence-corrected chi connectivity index (χ2v) is 8.36. The second kappa shape index (κ2) is 12.3. The van der Waals surface area contributed by atoms with Gasteiger partial charge >= 0.3 is 0 Å². The van der Waals surface area contributed by atoms with Crippen LogP contribution in [0, 0.1) is 0 Å². The van der Waals surface area contributed by atoms with Gasteiger partial charge < -0.3 is 10.6 Å². The van der Waals surface area contributed by atoms with Gasteiger partial charge in [-0.15, -0.1) is 24.0 Å². The Balaban J connectivity index is 0.00000364. The lowest BCUT2D eigenvalue weighted by Gasteiger charge is -2.13. The number of nitrogens with one attached hydrogen (secondary N) is 3. The van der Waals surface area contributed by atoms with Crippen LogP contribution in [0.25, 0.3) is 0 Å². The number of guanidine groups is 1. The first-order valence-corrected chi connectivity index (χ1v) is 11.0. The Hall–Kier alpha value is -1.17. The summed E-state index contributed by atoms with van der Waals surface area (Å²) in [5.74, 6) is 1.03. The van der Waals surface area contributed by atoms with Gasteiger partial charge in [0.25, 0.3) is 0 Å². The molecule has 1 unspecified atom stereocenters. The van der Waals surface area contributed by atoms with Gasteiger partial charge in [0.15, 0.2) is 5.96 Å². The van der Waals surface area contributed by atoms with Gasteiger partial charge in [0, 0.05) is 32.1 Å².